The number of nitrogens with zero attached hydrogens (tertiary/aromatic N) is 1. The van der Waals surface area contributed by atoms with Crippen molar-refractivity contribution < 1.29 is 18.0 Å². The lowest BCUT2D eigenvalue weighted by atomic mass is 10.1. The summed E-state index contributed by atoms with van der Waals surface area (Å²) >= 11 is 0. The van der Waals surface area contributed by atoms with Crippen molar-refractivity contribution in [2.75, 3.05) is 10.6 Å². The highest BCUT2D eigenvalue weighted by Gasteiger charge is 2.18. The molecule has 1 aromatic heterocycles. The summed E-state index contributed by atoms with van der Waals surface area (Å²) in [6.07, 6.45) is 2.24. The average molecular weight is 371 g/mol. The number of carbonyl (C=O) groups excluding carboxylic acids is 1. The topological polar surface area (TPSA) is 54.0 Å². The molecule has 1 heterocycles. The Bertz CT molecular complexity index is 975. The SMILES string of the molecule is CCc1ccccc1Nc1ccc(NC(=O)c2ccc(F)c(F)c2F)cn1. The average Bonchev–Trinajstić information content (AvgIpc) is 2.68. The second-order valence-corrected chi connectivity index (χ2v) is 5.74. The van der Waals surface area contributed by atoms with Crippen molar-refractivity contribution in [3.63, 3.8) is 0 Å². The van der Waals surface area contributed by atoms with Crippen LogP contribution in [0.5, 0.6) is 0 Å². The lowest BCUT2D eigenvalue weighted by molar-refractivity contribution is 0.102. The molecule has 0 radical (unpaired) electrons. The predicted molar refractivity (Wildman–Crippen MR) is 97.6 cm³/mol. The lowest BCUT2D eigenvalue weighted by Gasteiger charge is -2.11. The highest BCUT2D eigenvalue weighted by molar-refractivity contribution is 6.04. The van der Waals surface area contributed by atoms with E-state index in [0.717, 1.165) is 23.7 Å². The third kappa shape index (κ3) is 4.08. The number of amides is 1. The third-order valence-corrected chi connectivity index (χ3v) is 3.96. The van der Waals surface area contributed by atoms with E-state index < -0.39 is 28.9 Å². The van der Waals surface area contributed by atoms with Crippen LogP contribution in [-0.4, -0.2) is 10.9 Å². The fourth-order valence-electron chi connectivity index (χ4n) is 2.53. The summed E-state index contributed by atoms with van der Waals surface area (Å²) in [6.45, 7) is 2.05. The van der Waals surface area contributed by atoms with Gasteiger partial charge < -0.3 is 10.6 Å². The molecule has 0 aliphatic heterocycles. The summed E-state index contributed by atoms with van der Waals surface area (Å²) in [6, 6.07) is 12.6. The fraction of sp³-hybridized carbons (Fsp3) is 0.100. The smallest absolute Gasteiger partial charge is 0.258 e. The van der Waals surface area contributed by atoms with Crippen LogP contribution in [0, 0.1) is 17.5 Å². The number of anilines is 3. The molecule has 0 saturated heterocycles. The molecule has 4 nitrogen and oxygen atoms in total. The van der Waals surface area contributed by atoms with Gasteiger partial charge in [0.1, 0.15) is 5.82 Å². The molecular weight excluding hydrogens is 355 g/mol. The Hall–Kier alpha value is -3.35. The molecule has 7 heteroatoms. The van der Waals surface area contributed by atoms with E-state index in [0.29, 0.717) is 17.6 Å². The van der Waals surface area contributed by atoms with E-state index in [1.165, 1.54) is 6.20 Å². The number of para-hydroxylation sites is 1. The van der Waals surface area contributed by atoms with Crippen LogP contribution in [0.15, 0.2) is 54.7 Å². The van der Waals surface area contributed by atoms with Crippen molar-refractivity contribution in [2.24, 2.45) is 0 Å². The molecule has 0 spiro atoms. The number of aromatic nitrogens is 1. The van der Waals surface area contributed by atoms with E-state index in [2.05, 4.69) is 15.6 Å². The van der Waals surface area contributed by atoms with Gasteiger partial charge in [-0.2, -0.15) is 0 Å². The van der Waals surface area contributed by atoms with Crippen LogP contribution in [0.1, 0.15) is 22.8 Å². The number of hydrogen-bond acceptors (Lipinski definition) is 3. The summed E-state index contributed by atoms with van der Waals surface area (Å²) in [7, 11) is 0. The van der Waals surface area contributed by atoms with Crippen molar-refractivity contribution in [1.29, 1.82) is 0 Å². The van der Waals surface area contributed by atoms with E-state index in [-0.39, 0.29) is 0 Å². The summed E-state index contributed by atoms with van der Waals surface area (Å²) in [5, 5.41) is 5.58. The summed E-state index contributed by atoms with van der Waals surface area (Å²) in [5.74, 6) is -4.91. The lowest BCUT2D eigenvalue weighted by Crippen LogP contribution is -2.15. The maximum Gasteiger partial charge on any atom is 0.258 e. The zero-order chi connectivity index (χ0) is 19.4. The second kappa shape index (κ2) is 7.90. The number of rotatable bonds is 5. The molecule has 0 bridgehead atoms. The van der Waals surface area contributed by atoms with Gasteiger partial charge in [-0.15, -0.1) is 0 Å². The van der Waals surface area contributed by atoms with Crippen LogP contribution in [0.4, 0.5) is 30.4 Å². The Morgan fingerprint density at radius 3 is 2.48 bits per heavy atom. The number of halogens is 3. The van der Waals surface area contributed by atoms with Crippen molar-refractivity contribution in [1.82, 2.24) is 4.98 Å². The van der Waals surface area contributed by atoms with Gasteiger partial charge in [0, 0.05) is 5.69 Å². The Morgan fingerprint density at radius 2 is 1.78 bits per heavy atom. The van der Waals surface area contributed by atoms with Crippen LogP contribution < -0.4 is 10.6 Å². The molecule has 0 saturated carbocycles. The van der Waals surface area contributed by atoms with Gasteiger partial charge in [-0.1, -0.05) is 25.1 Å². The van der Waals surface area contributed by atoms with Crippen molar-refractivity contribution >= 4 is 23.1 Å². The zero-order valence-corrected chi connectivity index (χ0v) is 14.4. The van der Waals surface area contributed by atoms with Gasteiger partial charge in [0.25, 0.3) is 5.91 Å². The van der Waals surface area contributed by atoms with Crippen molar-refractivity contribution in [3.05, 3.63) is 83.3 Å². The van der Waals surface area contributed by atoms with E-state index in [4.69, 9.17) is 0 Å². The van der Waals surface area contributed by atoms with Gasteiger partial charge in [0.2, 0.25) is 0 Å². The van der Waals surface area contributed by atoms with E-state index in [1.807, 2.05) is 31.2 Å². The molecule has 27 heavy (non-hydrogen) atoms. The Kier molecular flexibility index (Phi) is 5.40. The quantitative estimate of drug-likeness (QED) is 0.617. The molecule has 138 valence electrons. The Balaban J connectivity index is 1.72. The van der Waals surface area contributed by atoms with Crippen LogP contribution in [0.2, 0.25) is 0 Å². The van der Waals surface area contributed by atoms with Gasteiger partial charge in [-0.25, -0.2) is 18.2 Å². The first-order valence-electron chi connectivity index (χ1n) is 8.25. The van der Waals surface area contributed by atoms with Crippen LogP contribution in [-0.2, 0) is 6.42 Å². The summed E-state index contributed by atoms with van der Waals surface area (Å²) < 4.78 is 39.9. The zero-order valence-electron chi connectivity index (χ0n) is 14.4. The number of benzene rings is 2. The summed E-state index contributed by atoms with van der Waals surface area (Å²) in [4.78, 5) is 16.3. The molecule has 0 aliphatic rings. The Morgan fingerprint density at radius 1 is 1.00 bits per heavy atom. The van der Waals surface area contributed by atoms with Crippen LogP contribution >= 0.6 is 0 Å². The normalized spacial score (nSPS) is 10.5. The van der Waals surface area contributed by atoms with Crippen LogP contribution in [0.3, 0.4) is 0 Å². The minimum Gasteiger partial charge on any atom is -0.340 e. The highest BCUT2D eigenvalue weighted by atomic mass is 19.2. The molecular formula is C20H16F3N3O. The van der Waals surface area contributed by atoms with Crippen molar-refractivity contribution in [3.8, 4) is 0 Å². The van der Waals surface area contributed by atoms with E-state index >= 15 is 0 Å². The minimum atomic E-state index is -1.69. The largest absolute Gasteiger partial charge is 0.340 e. The number of aryl methyl sites for hydroxylation is 1. The minimum absolute atomic E-state index is 0.290. The maximum absolute atomic E-state index is 13.7. The van der Waals surface area contributed by atoms with Gasteiger partial charge in [0.15, 0.2) is 17.5 Å². The molecule has 1 amide bonds. The van der Waals surface area contributed by atoms with E-state index in [1.54, 1.807) is 12.1 Å². The first-order valence-corrected chi connectivity index (χ1v) is 8.25. The maximum atomic E-state index is 13.7. The van der Waals surface area contributed by atoms with E-state index in [9.17, 15) is 18.0 Å². The number of nitrogens with one attached hydrogen (secondary N) is 2. The monoisotopic (exact) mass is 371 g/mol. The molecule has 0 fully saturated rings. The predicted octanol–water partition coefficient (Wildman–Crippen LogP) is 5.06. The van der Waals surface area contributed by atoms with Gasteiger partial charge in [-0.3, -0.25) is 4.79 Å². The van der Waals surface area contributed by atoms with Crippen LogP contribution in [0.25, 0.3) is 0 Å². The molecule has 3 aromatic rings. The molecule has 3 rings (SSSR count). The molecule has 2 aromatic carbocycles. The van der Waals surface area contributed by atoms with Crippen molar-refractivity contribution in [2.45, 2.75) is 13.3 Å². The molecule has 0 unspecified atom stereocenters. The highest BCUT2D eigenvalue weighted by Crippen LogP contribution is 2.21. The molecule has 0 atom stereocenters. The standard InChI is InChI=1S/C20H16F3N3O/c1-2-12-5-3-4-6-16(12)26-17-10-7-13(11-24-17)25-20(27)14-8-9-15(21)19(23)18(14)22/h3-11H,2H2,1H3,(H,24,26)(H,25,27). The second-order valence-electron chi connectivity index (χ2n) is 5.74. The molecule has 2 N–H and O–H groups in total. The van der Waals surface area contributed by atoms with Gasteiger partial charge >= 0.3 is 0 Å². The van der Waals surface area contributed by atoms with Gasteiger partial charge in [-0.05, 0) is 42.3 Å². The first kappa shape index (κ1) is 18.4. The van der Waals surface area contributed by atoms with Gasteiger partial charge in [0.05, 0.1) is 17.4 Å². The Labute approximate surface area is 154 Å². The molecule has 0 aliphatic carbocycles. The first-order chi connectivity index (χ1) is 13.0. The number of hydrogen-bond donors (Lipinski definition) is 2. The number of pyridine rings is 1. The third-order valence-electron chi connectivity index (χ3n) is 3.96. The number of carbonyl (C=O) groups is 1. The fourth-order valence-corrected chi connectivity index (χ4v) is 2.53. The summed E-state index contributed by atoms with van der Waals surface area (Å²) in [5.41, 5.74) is 1.75.